The van der Waals surface area contributed by atoms with Crippen LogP contribution in [0.25, 0.3) is 10.9 Å². The number of nitrogens with zero attached hydrogens (tertiary/aromatic N) is 1. The van der Waals surface area contributed by atoms with E-state index < -0.39 is 0 Å². The molecule has 0 saturated carbocycles. The molecule has 25 heavy (non-hydrogen) atoms. The van der Waals surface area contributed by atoms with Gasteiger partial charge in [-0.2, -0.15) is 0 Å². The molecule has 1 amide bonds. The Balaban J connectivity index is 1.54. The predicted octanol–water partition coefficient (Wildman–Crippen LogP) is 3.12. The lowest BCUT2D eigenvalue weighted by atomic mass is 10.1. The van der Waals surface area contributed by atoms with Gasteiger partial charge >= 0.3 is 0 Å². The minimum absolute atomic E-state index is 0.000473. The Morgan fingerprint density at radius 3 is 2.64 bits per heavy atom. The first-order valence-corrected chi connectivity index (χ1v) is 8.46. The molecule has 0 aliphatic carbocycles. The van der Waals surface area contributed by atoms with Crippen molar-refractivity contribution in [3.63, 3.8) is 0 Å². The zero-order chi connectivity index (χ0) is 17.6. The van der Waals surface area contributed by atoms with Crippen LogP contribution in [0.2, 0.25) is 0 Å². The molecule has 1 aromatic heterocycles. The van der Waals surface area contributed by atoms with E-state index in [1.165, 1.54) is 0 Å². The summed E-state index contributed by atoms with van der Waals surface area (Å²) in [7, 11) is 0. The standard InChI is InChI=1S/C20H21N3O2/c1-14(15-8-3-2-4-9-15)21-19(24)13-7-12-18-22-17-11-6-5-10-16(17)20(25)23-18/h2-6,8-11,14H,7,12-13H2,1H3,(H,21,24)(H,22,23,25)/t14-/m0/s1. The van der Waals surface area contributed by atoms with Crippen LogP contribution < -0.4 is 10.9 Å². The SMILES string of the molecule is C[C@H](NC(=O)CCCc1nc2ccccc2c(=O)[nH]1)c1ccccc1. The molecule has 2 aromatic carbocycles. The van der Waals surface area contributed by atoms with E-state index in [4.69, 9.17) is 0 Å². The maximum absolute atomic E-state index is 12.1. The maximum Gasteiger partial charge on any atom is 0.258 e. The summed E-state index contributed by atoms with van der Waals surface area (Å²) < 4.78 is 0. The molecule has 0 aliphatic heterocycles. The maximum atomic E-state index is 12.1. The highest BCUT2D eigenvalue weighted by molar-refractivity contribution is 5.77. The number of aromatic nitrogens is 2. The number of aryl methyl sites for hydroxylation is 1. The summed E-state index contributed by atoms with van der Waals surface area (Å²) in [5.41, 5.74) is 1.63. The Bertz CT molecular complexity index is 919. The van der Waals surface area contributed by atoms with Gasteiger partial charge in [-0.3, -0.25) is 9.59 Å². The molecular weight excluding hydrogens is 314 g/mol. The second kappa shape index (κ2) is 7.75. The van der Waals surface area contributed by atoms with Crippen LogP contribution in [0, 0.1) is 0 Å². The van der Waals surface area contributed by atoms with Crippen LogP contribution in [0.3, 0.4) is 0 Å². The highest BCUT2D eigenvalue weighted by atomic mass is 16.1. The van der Waals surface area contributed by atoms with Crippen molar-refractivity contribution in [3.05, 3.63) is 76.3 Å². The van der Waals surface area contributed by atoms with Gasteiger partial charge in [0.25, 0.3) is 5.56 Å². The largest absolute Gasteiger partial charge is 0.350 e. The molecule has 1 heterocycles. The smallest absolute Gasteiger partial charge is 0.258 e. The van der Waals surface area contributed by atoms with Gasteiger partial charge in [0.1, 0.15) is 5.82 Å². The van der Waals surface area contributed by atoms with Gasteiger partial charge in [-0.15, -0.1) is 0 Å². The van der Waals surface area contributed by atoms with E-state index in [9.17, 15) is 9.59 Å². The van der Waals surface area contributed by atoms with Crippen LogP contribution in [0.15, 0.2) is 59.4 Å². The summed E-state index contributed by atoms with van der Waals surface area (Å²) in [5.74, 6) is 0.618. The summed E-state index contributed by atoms with van der Waals surface area (Å²) in [6.07, 6.45) is 1.59. The van der Waals surface area contributed by atoms with Crippen LogP contribution in [0.5, 0.6) is 0 Å². The van der Waals surface area contributed by atoms with Crippen molar-refractivity contribution in [2.45, 2.75) is 32.2 Å². The third-order valence-corrected chi connectivity index (χ3v) is 4.16. The molecule has 5 nitrogen and oxygen atoms in total. The number of para-hydroxylation sites is 1. The number of hydrogen-bond donors (Lipinski definition) is 2. The molecule has 3 rings (SSSR count). The number of nitrogens with one attached hydrogen (secondary N) is 2. The summed E-state index contributed by atoms with van der Waals surface area (Å²) in [6, 6.07) is 17.1. The molecule has 0 radical (unpaired) electrons. The number of carbonyl (C=O) groups is 1. The second-order valence-corrected chi connectivity index (χ2v) is 6.08. The Hall–Kier alpha value is -2.95. The van der Waals surface area contributed by atoms with Crippen LogP contribution in [-0.4, -0.2) is 15.9 Å². The van der Waals surface area contributed by atoms with Crippen molar-refractivity contribution in [3.8, 4) is 0 Å². The first-order valence-electron chi connectivity index (χ1n) is 8.46. The quantitative estimate of drug-likeness (QED) is 0.727. The fourth-order valence-corrected chi connectivity index (χ4v) is 2.81. The number of carbonyl (C=O) groups excluding carboxylic acids is 1. The molecule has 0 spiro atoms. The van der Waals surface area contributed by atoms with Gasteiger partial charge in [-0.1, -0.05) is 42.5 Å². The van der Waals surface area contributed by atoms with Crippen LogP contribution in [-0.2, 0) is 11.2 Å². The van der Waals surface area contributed by atoms with Crippen molar-refractivity contribution in [1.82, 2.24) is 15.3 Å². The molecule has 0 bridgehead atoms. The Kier molecular flexibility index (Phi) is 5.23. The summed E-state index contributed by atoms with van der Waals surface area (Å²) in [4.78, 5) is 31.4. The first-order chi connectivity index (χ1) is 12.1. The minimum atomic E-state index is -0.136. The molecule has 1 atom stereocenters. The van der Waals surface area contributed by atoms with Crippen LogP contribution in [0.4, 0.5) is 0 Å². The number of amides is 1. The number of hydrogen-bond acceptors (Lipinski definition) is 3. The molecule has 5 heteroatoms. The van der Waals surface area contributed by atoms with Gasteiger partial charge < -0.3 is 10.3 Å². The second-order valence-electron chi connectivity index (χ2n) is 6.08. The zero-order valence-corrected chi connectivity index (χ0v) is 14.2. The van der Waals surface area contributed by atoms with Crippen molar-refractivity contribution in [2.24, 2.45) is 0 Å². The number of H-pyrrole nitrogens is 1. The average Bonchev–Trinajstić information content (AvgIpc) is 2.62. The van der Waals surface area contributed by atoms with Crippen LogP contribution in [0.1, 0.15) is 37.2 Å². The summed E-state index contributed by atoms with van der Waals surface area (Å²) in [6.45, 7) is 1.97. The van der Waals surface area contributed by atoms with Gasteiger partial charge in [-0.25, -0.2) is 4.98 Å². The monoisotopic (exact) mass is 335 g/mol. The van der Waals surface area contributed by atoms with E-state index in [0.29, 0.717) is 36.0 Å². The number of rotatable bonds is 6. The highest BCUT2D eigenvalue weighted by Gasteiger charge is 2.09. The van der Waals surface area contributed by atoms with Gasteiger partial charge in [0, 0.05) is 12.8 Å². The summed E-state index contributed by atoms with van der Waals surface area (Å²) >= 11 is 0. The predicted molar refractivity (Wildman–Crippen MR) is 98.3 cm³/mol. The molecule has 0 fully saturated rings. The third-order valence-electron chi connectivity index (χ3n) is 4.16. The lowest BCUT2D eigenvalue weighted by molar-refractivity contribution is -0.121. The van der Waals surface area contributed by atoms with E-state index in [-0.39, 0.29) is 17.5 Å². The molecule has 0 unspecified atom stereocenters. The number of benzene rings is 2. The Morgan fingerprint density at radius 1 is 1.12 bits per heavy atom. The Morgan fingerprint density at radius 2 is 1.84 bits per heavy atom. The minimum Gasteiger partial charge on any atom is -0.350 e. The number of aromatic amines is 1. The normalized spacial score (nSPS) is 12.0. The molecule has 128 valence electrons. The Labute approximate surface area is 146 Å². The van der Waals surface area contributed by atoms with E-state index in [2.05, 4.69) is 15.3 Å². The third kappa shape index (κ3) is 4.32. The highest BCUT2D eigenvalue weighted by Crippen LogP contribution is 2.12. The van der Waals surface area contributed by atoms with Gasteiger partial charge in [0.05, 0.1) is 16.9 Å². The molecule has 3 aromatic rings. The number of fused-ring (bicyclic) bond motifs is 1. The van der Waals surface area contributed by atoms with E-state index >= 15 is 0 Å². The lowest BCUT2D eigenvalue weighted by Crippen LogP contribution is -2.26. The van der Waals surface area contributed by atoms with E-state index in [0.717, 1.165) is 5.56 Å². The van der Waals surface area contributed by atoms with Gasteiger partial charge in [0.2, 0.25) is 5.91 Å². The van der Waals surface area contributed by atoms with Crippen molar-refractivity contribution in [1.29, 1.82) is 0 Å². The van der Waals surface area contributed by atoms with E-state index in [1.807, 2.05) is 55.5 Å². The van der Waals surface area contributed by atoms with Crippen molar-refractivity contribution < 1.29 is 4.79 Å². The molecule has 0 saturated heterocycles. The van der Waals surface area contributed by atoms with Crippen LogP contribution >= 0.6 is 0 Å². The lowest BCUT2D eigenvalue weighted by Gasteiger charge is -2.14. The first kappa shape index (κ1) is 16.9. The van der Waals surface area contributed by atoms with Crippen molar-refractivity contribution >= 4 is 16.8 Å². The summed E-state index contributed by atoms with van der Waals surface area (Å²) in [5, 5.41) is 3.58. The zero-order valence-electron chi connectivity index (χ0n) is 14.2. The van der Waals surface area contributed by atoms with Crippen molar-refractivity contribution in [2.75, 3.05) is 0 Å². The fourth-order valence-electron chi connectivity index (χ4n) is 2.81. The molecule has 2 N–H and O–H groups in total. The molecule has 0 aliphatic rings. The van der Waals surface area contributed by atoms with Gasteiger partial charge in [-0.05, 0) is 31.0 Å². The fraction of sp³-hybridized carbons (Fsp3) is 0.250. The topological polar surface area (TPSA) is 74.8 Å². The van der Waals surface area contributed by atoms with E-state index in [1.54, 1.807) is 6.07 Å². The molecular formula is C20H21N3O2. The average molecular weight is 335 g/mol. The van der Waals surface area contributed by atoms with Gasteiger partial charge in [0.15, 0.2) is 0 Å².